The van der Waals surface area contributed by atoms with Gasteiger partial charge in [0.1, 0.15) is 6.04 Å². The van der Waals surface area contributed by atoms with Crippen molar-refractivity contribution in [3.8, 4) is 0 Å². The van der Waals surface area contributed by atoms with Crippen LogP contribution in [0.25, 0.3) is 0 Å². The Morgan fingerprint density at radius 2 is 2.00 bits per heavy atom. The minimum absolute atomic E-state index is 0.347. The van der Waals surface area contributed by atoms with Gasteiger partial charge in [0.25, 0.3) is 0 Å². The van der Waals surface area contributed by atoms with E-state index in [0.29, 0.717) is 24.6 Å². The summed E-state index contributed by atoms with van der Waals surface area (Å²) < 4.78 is 0. The van der Waals surface area contributed by atoms with Gasteiger partial charge in [0, 0.05) is 6.54 Å². The summed E-state index contributed by atoms with van der Waals surface area (Å²) in [5.74, 6) is 0.0653. The summed E-state index contributed by atoms with van der Waals surface area (Å²) in [6.07, 6.45) is 2.34. The minimum atomic E-state index is -0.992. The van der Waals surface area contributed by atoms with Crippen LogP contribution in [0.2, 0.25) is 0 Å². The zero-order chi connectivity index (χ0) is 12.6. The van der Waals surface area contributed by atoms with Crippen molar-refractivity contribution < 1.29 is 14.7 Å². The van der Waals surface area contributed by atoms with Crippen LogP contribution in [-0.4, -0.2) is 41.7 Å². The van der Waals surface area contributed by atoms with E-state index in [2.05, 4.69) is 10.6 Å². The van der Waals surface area contributed by atoms with Crippen molar-refractivity contribution in [1.29, 1.82) is 0 Å². The van der Waals surface area contributed by atoms with Crippen LogP contribution in [0, 0.1) is 5.92 Å². The van der Waals surface area contributed by atoms with Crippen molar-refractivity contribution >= 4 is 23.8 Å². The van der Waals surface area contributed by atoms with E-state index in [0.717, 1.165) is 0 Å². The maximum Gasteiger partial charge on any atom is 0.326 e. The summed E-state index contributed by atoms with van der Waals surface area (Å²) in [5, 5.41) is 13.9. The van der Waals surface area contributed by atoms with Crippen LogP contribution >= 0.6 is 11.8 Å². The highest BCUT2D eigenvalue weighted by atomic mass is 32.2. The molecule has 0 aromatic heterocycles. The van der Waals surface area contributed by atoms with Gasteiger partial charge < -0.3 is 15.7 Å². The van der Waals surface area contributed by atoms with E-state index in [9.17, 15) is 9.59 Å². The number of urea groups is 1. The molecular formula is C10H20N2O3S. The molecule has 0 spiro atoms. The van der Waals surface area contributed by atoms with Gasteiger partial charge in [-0.1, -0.05) is 13.8 Å². The first-order valence-corrected chi connectivity index (χ1v) is 6.62. The second kappa shape index (κ2) is 8.27. The molecule has 0 aliphatic heterocycles. The van der Waals surface area contributed by atoms with Crippen LogP contribution < -0.4 is 10.6 Å². The molecule has 2 amide bonds. The van der Waals surface area contributed by atoms with Gasteiger partial charge in [0.05, 0.1) is 0 Å². The molecule has 5 nitrogen and oxygen atoms in total. The molecule has 0 saturated heterocycles. The Hall–Kier alpha value is -0.910. The zero-order valence-electron chi connectivity index (χ0n) is 9.95. The Bertz CT molecular complexity index is 234. The third-order valence-corrected chi connectivity index (χ3v) is 2.53. The van der Waals surface area contributed by atoms with Gasteiger partial charge in [-0.25, -0.2) is 9.59 Å². The fourth-order valence-electron chi connectivity index (χ4n) is 0.999. The molecule has 0 radical (unpaired) electrons. The monoisotopic (exact) mass is 248 g/mol. The number of nitrogens with one attached hydrogen (secondary N) is 2. The summed E-state index contributed by atoms with van der Waals surface area (Å²) in [4.78, 5) is 22.2. The standard InChI is InChI=1S/C10H20N2O3S/c1-7(2)6-11-10(15)12-8(9(13)14)4-5-16-3/h7-8H,4-6H2,1-3H3,(H,13,14)(H2,11,12,15). The number of hydrogen-bond donors (Lipinski definition) is 3. The average molecular weight is 248 g/mol. The van der Waals surface area contributed by atoms with Gasteiger partial charge in [0.2, 0.25) is 0 Å². The molecule has 0 saturated carbocycles. The summed E-state index contributed by atoms with van der Waals surface area (Å²) in [5.41, 5.74) is 0. The summed E-state index contributed by atoms with van der Waals surface area (Å²) >= 11 is 1.56. The number of amides is 2. The quantitative estimate of drug-likeness (QED) is 0.631. The maximum absolute atomic E-state index is 11.3. The molecule has 3 N–H and O–H groups in total. The SMILES string of the molecule is CSCCC(NC(=O)NCC(C)C)C(=O)O. The lowest BCUT2D eigenvalue weighted by Crippen LogP contribution is -2.47. The van der Waals surface area contributed by atoms with E-state index < -0.39 is 18.0 Å². The largest absolute Gasteiger partial charge is 0.480 e. The molecule has 0 aromatic carbocycles. The number of aliphatic carboxylic acids is 1. The highest BCUT2D eigenvalue weighted by Gasteiger charge is 2.18. The summed E-state index contributed by atoms with van der Waals surface area (Å²) in [6, 6.07) is -1.22. The van der Waals surface area contributed by atoms with Crippen LogP contribution in [-0.2, 0) is 4.79 Å². The Labute approximate surface area is 100 Å². The molecule has 16 heavy (non-hydrogen) atoms. The Balaban J connectivity index is 3.98. The molecule has 0 aromatic rings. The molecular weight excluding hydrogens is 228 g/mol. The average Bonchev–Trinajstić information content (AvgIpc) is 2.20. The van der Waals surface area contributed by atoms with E-state index in [1.165, 1.54) is 0 Å². The van der Waals surface area contributed by atoms with Gasteiger partial charge in [-0.3, -0.25) is 0 Å². The molecule has 0 bridgehead atoms. The molecule has 0 fully saturated rings. The highest BCUT2D eigenvalue weighted by Crippen LogP contribution is 2.00. The number of hydrogen-bond acceptors (Lipinski definition) is 3. The van der Waals surface area contributed by atoms with Crippen molar-refractivity contribution in [3.05, 3.63) is 0 Å². The number of carbonyl (C=O) groups excluding carboxylic acids is 1. The normalized spacial score (nSPS) is 12.2. The van der Waals surface area contributed by atoms with Crippen LogP contribution in [0.4, 0.5) is 4.79 Å². The summed E-state index contributed by atoms with van der Waals surface area (Å²) in [7, 11) is 0. The van der Waals surface area contributed by atoms with Gasteiger partial charge >= 0.3 is 12.0 Å². The van der Waals surface area contributed by atoms with Crippen molar-refractivity contribution in [2.45, 2.75) is 26.3 Å². The van der Waals surface area contributed by atoms with Crippen molar-refractivity contribution in [1.82, 2.24) is 10.6 Å². The number of carboxylic acid groups (broad SMARTS) is 1. The van der Waals surface area contributed by atoms with Crippen LogP contribution in [0.15, 0.2) is 0 Å². The van der Waals surface area contributed by atoms with Gasteiger partial charge in [-0.15, -0.1) is 0 Å². The predicted molar refractivity (Wildman–Crippen MR) is 65.8 cm³/mol. The number of rotatable bonds is 7. The Kier molecular flexibility index (Phi) is 7.80. The van der Waals surface area contributed by atoms with Crippen molar-refractivity contribution in [3.63, 3.8) is 0 Å². The highest BCUT2D eigenvalue weighted by molar-refractivity contribution is 7.98. The molecule has 1 atom stereocenters. The second-order valence-electron chi connectivity index (χ2n) is 3.92. The van der Waals surface area contributed by atoms with E-state index in [-0.39, 0.29) is 0 Å². The lowest BCUT2D eigenvalue weighted by atomic mass is 10.2. The smallest absolute Gasteiger partial charge is 0.326 e. The van der Waals surface area contributed by atoms with E-state index >= 15 is 0 Å². The first kappa shape index (κ1) is 15.1. The summed E-state index contributed by atoms with van der Waals surface area (Å²) in [6.45, 7) is 4.49. The van der Waals surface area contributed by atoms with Gasteiger partial charge in [-0.2, -0.15) is 11.8 Å². The lowest BCUT2D eigenvalue weighted by Gasteiger charge is -2.15. The molecule has 94 valence electrons. The van der Waals surface area contributed by atoms with Crippen LogP contribution in [0.1, 0.15) is 20.3 Å². The third kappa shape index (κ3) is 7.39. The fourth-order valence-corrected chi connectivity index (χ4v) is 1.47. The predicted octanol–water partition coefficient (Wildman–Crippen LogP) is 1.15. The second-order valence-corrected chi connectivity index (χ2v) is 4.91. The first-order valence-electron chi connectivity index (χ1n) is 5.23. The Morgan fingerprint density at radius 1 is 1.38 bits per heavy atom. The molecule has 1 unspecified atom stereocenters. The van der Waals surface area contributed by atoms with E-state index in [4.69, 9.17) is 5.11 Å². The van der Waals surface area contributed by atoms with Crippen LogP contribution in [0.5, 0.6) is 0 Å². The molecule has 0 rings (SSSR count). The number of thioether (sulfide) groups is 1. The lowest BCUT2D eigenvalue weighted by molar-refractivity contribution is -0.139. The minimum Gasteiger partial charge on any atom is -0.480 e. The fraction of sp³-hybridized carbons (Fsp3) is 0.800. The molecule has 0 heterocycles. The molecule has 0 aliphatic rings. The van der Waals surface area contributed by atoms with E-state index in [1.54, 1.807) is 11.8 Å². The Morgan fingerprint density at radius 3 is 2.44 bits per heavy atom. The van der Waals surface area contributed by atoms with E-state index in [1.807, 2.05) is 20.1 Å². The molecule has 0 aliphatic carbocycles. The molecule has 6 heteroatoms. The number of carbonyl (C=O) groups is 2. The van der Waals surface area contributed by atoms with Crippen molar-refractivity contribution in [2.24, 2.45) is 5.92 Å². The maximum atomic E-state index is 11.3. The van der Waals surface area contributed by atoms with Gasteiger partial charge in [0.15, 0.2) is 0 Å². The first-order chi connectivity index (χ1) is 7.47. The zero-order valence-corrected chi connectivity index (χ0v) is 10.8. The number of carboxylic acids is 1. The third-order valence-electron chi connectivity index (χ3n) is 1.88. The van der Waals surface area contributed by atoms with Gasteiger partial charge in [-0.05, 0) is 24.3 Å². The topological polar surface area (TPSA) is 78.4 Å². The van der Waals surface area contributed by atoms with Crippen LogP contribution in [0.3, 0.4) is 0 Å². The van der Waals surface area contributed by atoms with Crippen molar-refractivity contribution in [2.75, 3.05) is 18.6 Å².